The van der Waals surface area contributed by atoms with Gasteiger partial charge in [-0.15, -0.1) is 0 Å². The number of hydrogen-bond donors (Lipinski definition) is 3. The van der Waals surface area contributed by atoms with Gasteiger partial charge in [0.15, 0.2) is 17.3 Å². The van der Waals surface area contributed by atoms with Gasteiger partial charge in [0.05, 0.1) is 33.9 Å². The van der Waals surface area contributed by atoms with Crippen molar-refractivity contribution in [2.24, 2.45) is 5.73 Å². The van der Waals surface area contributed by atoms with Gasteiger partial charge in [-0.25, -0.2) is 4.98 Å². The predicted molar refractivity (Wildman–Crippen MR) is 102 cm³/mol. The normalized spacial score (nSPS) is 11.7. The highest BCUT2D eigenvalue weighted by atomic mass is 16.5. The van der Waals surface area contributed by atoms with Crippen LogP contribution >= 0.6 is 0 Å². The van der Waals surface area contributed by atoms with Crippen LogP contribution in [-0.4, -0.2) is 36.5 Å². The van der Waals surface area contributed by atoms with E-state index in [1.807, 2.05) is 42.5 Å². The lowest BCUT2D eigenvalue weighted by molar-refractivity contribution is 0.354. The highest BCUT2D eigenvalue weighted by molar-refractivity contribution is 5.46. The van der Waals surface area contributed by atoms with Gasteiger partial charge >= 0.3 is 0 Å². The molecule has 0 spiro atoms. The number of nitrogens with two attached hydrogens (primary N) is 1. The third-order valence-corrected chi connectivity index (χ3v) is 4.14. The Morgan fingerprint density at radius 1 is 1.00 bits per heavy atom. The number of methoxy groups -OCH3 is 3. The number of nitrogens with zero attached hydrogens (tertiary/aromatic N) is 2. The maximum absolute atomic E-state index is 6.31. The zero-order valence-corrected chi connectivity index (χ0v) is 15.5. The minimum absolute atomic E-state index is 0.476. The molecule has 0 unspecified atom stereocenters. The van der Waals surface area contributed by atoms with Crippen molar-refractivity contribution in [1.82, 2.24) is 15.2 Å². The standard InChI is InChI=1S/C19H23N5O3/c1-25-14-7-5-13(6-8-14)21-11-17-22-19(24-23-17)18(20)12-4-9-15(26-2)16(10-12)27-3/h4-10,18,21H,11,20H2,1-3H3,(H,22,23,24)/t18-/m1/s1. The average Bonchev–Trinajstić information content (AvgIpc) is 3.20. The summed E-state index contributed by atoms with van der Waals surface area (Å²) >= 11 is 0. The van der Waals surface area contributed by atoms with Gasteiger partial charge in [-0.2, -0.15) is 5.10 Å². The Morgan fingerprint density at radius 2 is 1.74 bits per heavy atom. The first-order valence-corrected chi connectivity index (χ1v) is 8.41. The summed E-state index contributed by atoms with van der Waals surface area (Å²) in [4.78, 5) is 4.48. The van der Waals surface area contributed by atoms with Gasteiger partial charge in [-0.1, -0.05) is 6.07 Å². The summed E-state index contributed by atoms with van der Waals surface area (Å²) in [6.07, 6.45) is 0. The van der Waals surface area contributed by atoms with E-state index in [2.05, 4.69) is 20.5 Å². The molecule has 8 nitrogen and oxygen atoms in total. The quantitative estimate of drug-likeness (QED) is 0.560. The lowest BCUT2D eigenvalue weighted by Gasteiger charge is -2.12. The second-order valence-corrected chi connectivity index (χ2v) is 5.81. The van der Waals surface area contributed by atoms with Crippen molar-refractivity contribution in [2.45, 2.75) is 12.6 Å². The zero-order valence-electron chi connectivity index (χ0n) is 15.5. The fraction of sp³-hybridized carbons (Fsp3) is 0.263. The van der Waals surface area contributed by atoms with E-state index < -0.39 is 6.04 Å². The molecule has 3 aromatic rings. The van der Waals surface area contributed by atoms with Crippen LogP contribution in [0.1, 0.15) is 23.3 Å². The molecule has 0 saturated heterocycles. The fourth-order valence-electron chi connectivity index (χ4n) is 2.62. The number of anilines is 1. The Kier molecular flexibility index (Phi) is 5.77. The smallest absolute Gasteiger partial charge is 0.171 e. The van der Waals surface area contributed by atoms with Crippen LogP contribution in [0.15, 0.2) is 42.5 Å². The number of ether oxygens (including phenoxy) is 3. The first kappa shape index (κ1) is 18.5. The van der Waals surface area contributed by atoms with Crippen LogP contribution in [0.4, 0.5) is 5.69 Å². The van der Waals surface area contributed by atoms with Crippen LogP contribution in [0, 0.1) is 0 Å². The maximum Gasteiger partial charge on any atom is 0.171 e. The SMILES string of the molecule is COc1ccc(NCc2nc([C@H](N)c3ccc(OC)c(OC)c3)n[nH]2)cc1. The average molecular weight is 369 g/mol. The van der Waals surface area contributed by atoms with E-state index in [9.17, 15) is 0 Å². The van der Waals surface area contributed by atoms with E-state index >= 15 is 0 Å². The molecule has 1 aromatic heterocycles. The third-order valence-electron chi connectivity index (χ3n) is 4.14. The first-order chi connectivity index (χ1) is 13.1. The van der Waals surface area contributed by atoms with E-state index in [1.165, 1.54) is 0 Å². The molecule has 0 bridgehead atoms. The number of nitrogens with one attached hydrogen (secondary N) is 2. The van der Waals surface area contributed by atoms with Crippen LogP contribution in [0.5, 0.6) is 17.2 Å². The summed E-state index contributed by atoms with van der Waals surface area (Å²) in [7, 11) is 4.82. The Labute approximate surface area is 157 Å². The van der Waals surface area contributed by atoms with Crippen molar-refractivity contribution in [2.75, 3.05) is 26.6 Å². The minimum Gasteiger partial charge on any atom is -0.497 e. The molecule has 2 aromatic carbocycles. The summed E-state index contributed by atoms with van der Waals surface area (Å²) in [5.74, 6) is 3.27. The van der Waals surface area contributed by atoms with Gasteiger partial charge in [0.25, 0.3) is 0 Å². The maximum atomic E-state index is 6.31. The highest BCUT2D eigenvalue weighted by Gasteiger charge is 2.17. The largest absolute Gasteiger partial charge is 0.497 e. The molecular weight excluding hydrogens is 346 g/mol. The molecule has 0 aliphatic carbocycles. The fourth-order valence-corrected chi connectivity index (χ4v) is 2.62. The molecule has 8 heteroatoms. The minimum atomic E-state index is -0.476. The van der Waals surface area contributed by atoms with Crippen LogP contribution in [0.3, 0.4) is 0 Å². The number of hydrogen-bond acceptors (Lipinski definition) is 7. The zero-order chi connectivity index (χ0) is 19.2. The molecule has 142 valence electrons. The van der Waals surface area contributed by atoms with Crippen LogP contribution in [0.25, 0.3) is 0 Å². The number of H-pyrrole nitrogens is 1. The molecule has 4 N–H and O–H groups in total. The third kappa shape index (κ3) is 4.29. The summed E-state index contributed by atoms with van der Waals surface area (Å²) in [6, 6.07) is 12.7. The Hall–Kier alpha value is -3.26. The summed E-state index contributed by atoms with van der Waals surface area (Å²) in [5.41, 5.74) is 8.10. The second kappa shape index (κ2) is 8.41. The number of aromatic amines is 1. The molecule has 0 radical (unpaired) electrons. The Bertz CT molecular complexity index is 879. The summed E-state index contributed by atoms with van der Waals surface area (Å²) in [5, 5.41) is 10.4. The van der Waals surface area contributed by atoms with Crippen molar-refractivity contribution in [3.63, 3.8) is 0 Å². The van der Waals surface area contributed by atoms with Gasteiger partial charge in [0.1, 0.15) is 11.6 Å². The van der Waals surface area contributed by atoms with Gasteiger partial charge in [-0.3, -0.25) is 5.10 Å². The Balaban J connectivity index is 1.67. The van der Waals surface area contributed by atoms with Crippen molar-refractivity contribution in [1.29, 1.82) is 0 Å². The molecule has 0 aliphatic rings. The lowest BCUT2D eigenvalue weighted by atomic mass is 10.1. The van der Waals surface area contributed by atoms with E-state index in [0.29, 0.717) is 29.7 Å². The van der Waals surface area contributed by atoms with E-state index in [0.717, 1.165) is 17.0 Å². The molecule has 1 atom stereocenters. The van der Waals surface area contributed by atoms with Crippen molar-refractivity contribution >= 4 is 5.69 Å². The topological polar surface area (TPSA) is 107 Å². The number of aromatic nitrogens is 3. The van der Waals surface area contributed by atoms with Gasteiger partial charge in [0, 0.05) is 5.69 Å². The van der Waals surface area contributed by atoms with Crippen molar-refractivity contribution < 1.29 is 14.2 Å². The highest BCUT2D eigenvalue weighted by Crippen LogP contribution is 2.30. The van der Waals surface area contributed by atoms with Crippen LogP contribution in [-0.2, 0) is 6.54 Å². The van der Waals surface area contributed by atoms with Crippen LogP contribution < -0.4 is 25.3 Å². The van der Waals surface area contributed by atoms with Gasteiger partial charge < -0.3 is 25.3 Å². The van der Waals surface area contributed by atoms with Crippen LogP contribution in [0.2, 0.25) is 0 Å². The van der Waals surface area contributed by atoms with Crippen molar-refractivity contribution in [3.8, 4) is 17.2 Å². The predicted octanol–water partition coefficient (Wildman–Crippen LogP) is 2.49. The molecule has 0 aliphatic heterocycles. The molecular formula is C19H23N5O3. The van der Waals surface area contributed by atoms with E-state index in [1.54, 1.807) is 21.3 Å². The first-order valence-electron chi connectivity index (χ1n) is 8.41. The van der Waals surface area contributed by atoms with E-state index in [-0.39, 0.29) is 0 Å². The molecule has 1 heterocycles. The van der Waals surface area contributed by atoms with Gasteiger partial charge in [-0.05, 0) is 42.0 Å². The number of benzene rings is 2. The molecule has 3 rings (SSSR count). The monoisotopic (exact) mass is 369 g/mol. The molecule has 0 amide bonds. The molecule has 0 saturated carbocycles. The summed E-state index contributed by atoms with van der Waals surface area (Å²) < 4.78 is 15.7. The van der Waals surface area contributed by atoms with Crippen molar-refractivity contribution in [3.05, 3.63) is 59.7 Å². The second-order valence-electron chi connectivity index (χ2n) is 5.81. The summed E-state index contributed by atoms with van der Waals surface area (Å²) in [6.45, 7) is 0.498. The lowest BCUT2D eigenvalue weighted by Crippen LogP contribution is -2.14. The van der Waals surface area contributed by atoms with E-state index in [4.69, 9.17) is 19.9 Å². The molecule has 27 heavy (non-hydrogen) atoms. The number of rotatable bonds is 8. The Morgan fingerprint density at radius 3 is 2.41 bits per heavy atom. The van der Waals surface area contributed by atoms with Gasteiger partial charge in [0.2, 0.25) is 0 Å². The molecule has 0 fully saturated rings.